The van der Waals surface area contributed by atoms with Crippen LogP contribution in [0.15, 0.2) is 0 Å². The van der Waals surface area contributed by atoms with Gasteiger partial charge in [-0.1, -0.05) is 20.8 Å². The lowest BCUT2D eigenvalue weighted by molar-refractivity contribution is 0.229. The highest BCUT2D eigenvalue weighted by molar-refractivity contribution is 7.09. The first-order chi connectivity index (χ1) is 7.63. The minimum absolute atomic E-state index is 0.274. The minimum Gasteiger partial charge on any atom is -0.396 e. The lowest BCUT2D eigenvalue weighted by Gasteiger charge is -2.07. The predicted molar refractivity (Wildman–Crippen MR) is 68.0 cm³/mol. The zero-order valence-electron chi connectivity index (χ0n) is 10.2. The Morgan fingerprint density at radius 2 is 2.12 bits per heavy atom. The molecule has 1 heterocycles. The highest BCUT2D eigenvalue weighted by atomic mass is 32.1. The Kier molecular flexibility index (Phi) is 5.69. The second kappa shape index (κ2) is 6.81. The molecule has 0 fully saturated rings. The molecule has 2 N–H and O–H groups in total. The fourth-order valence-electron chi connectivity index (χ4n) is 1.28. The molecule has 5 heteroatoms. The van der Waals surface area contributed by atoms with Crippen LogP contribution in [-0.2, 0) is 0 Å². The maximum atomic E-state index is 8.87. The van der Waals surface area contributed by atoms with Crippen LogP contribution in [0.5, 0.6) is 0 Å². The van der Waals surface area contributed by atoms with Crippen molar-refractivity contribution in [2.45, 2.75) is 39.5 Å². The van der Waals surface area contributed by atoms with Crippen LogP contribution in [0.3, 0.4) is 0 Å². The molecule has 1 unspecified atom stereocenters. The van der Waals surface area contributed by atoms with Gasteiger partial charge in [0.2, 0.25) is 5.13 Å². The molecule has 0 saturated carbocycles. The van der Waals surface area contributed by atoms with E-state index in [-0.39, 0.29) is 6.61 Å². The van der Waals surface area contributed by atoms with Crippen LogP contribution in [-0.4, -0.2) is 27.6 Å². The minimum atomic E-state index is 0.274. The van der Waals surface area contributed by atoms with E-state index in [9.17, 15) is 0 Å². The Hall–Kier alpha value is -0.680. The van der Waals surface area contributed by atoms with Gasteiger partial charge in [-0.2, -0.15) is 4.37 Å². The number of nitrogens with zero attached hydrogens (tertiary/aromatic N) is 2. The second-order valence-corrected chi connectivity index (χ2v) is 5.22. The van der Waals surface area contributed by atoms with Gasteiger partial charge < -0.3 is 10.4 Å². The number of aliphatic hydroxyl groups excluding tert-OH is 1. The molecule has 0 bridgehead atoms. The Labute approximate surface area is 101 Å². The first-order valence-corrected chi connectivity index (χ1v) is 6.59. The molecule has 0 aromatic carbocycles. The number of aliphatic hydroxyl groups is 1. The third-order valence-electron chi connectivity index (χ3n) is 2.42. The number of rotatable bonds is 7. The highest BCUT2D eigenvalue weighted by Crippen LogP contribution is 2.17. The molecular weight excluding hydrogens is 222 g/mol. The van der Waals surface area contributed by atoms with Gasteiger partial charge >= 0.3 is 0 Å². The molecule has 0 amide bonds. The number of nitrogens with one attached hydrogen (secondary N) is 1. The SMILES string of the molecule is CC(CO)CCCNc1nc(C(C)C)ns1. The van der Waals surface area contributed by atoms with Crippen LogP contribution in [0.25, 0.3) is 0 Å². The Bertz CT molecular complexity index is 301. The van der Waals surface area contributed by atoms with Crippen molar-refractivity contribution < 1.29 is 5.11 Å². The lowest BCUT2D eigenvalue weighted by atomic mass is 10.1. The molecule has 0 saturated heterocycles. The summed E-state index contributed by atoms with van der Waals surface area (Å²) in [5, 5.41) is 13.0. The summed E-state index contributed by atoms with van der Waals surface area (Å²) in [6.45, 7) is 7.42. The topological polar surface area (TPSA) is 58.0 Å². The summed E-state index contributed by atoms with van der Waals surface area (Å²) >= 11 is 1.42. The average Bonchev–Trinajstić information content (AvgIpc) is 2.72. The third-order valence-corrected chi connectivity index (χ3v) is 3.11. The van der Waals surface area contributed by atoms with E-state index in [1.54, 1.807) is 0 Å². The van der Waals surface area contributed by atoms with Gasteiger partial charge in [0, 0.05) is 30.6 Å². The molecule has 92 valence electrons. The second-order valence-electron chi connectivity index (χ2n) is 4.47. The molecule has 4 nitrogen and oxygen atoms in total. The van der Waals surface area contributed by atoms with Gasteiger partial charge in [0.05, 0.1) is 0 Å². The maximum absolute atomic E-state index is 8.87. The fraction of sp³-hybridized carbons (Fsp3) is 0.818. The molecule has 0 aliphatic carbocycles. The highest BCUT2D eigenvalue weighted by Gasteiger charge is 2.07. The van der Waals surface area contributed by atoms with Crippen LogP contribution >= 0.6 is 11.5 Å². The van der Waals surface area contributed by atoms with E-state index in [1.807, 2.05) is 0 Å². The lowest BCUT2D eigenvalue weighted by Crippen LogP contribution is -2.06. The molecular formula is C11H21N3OS. The number of anilines is 1. The van der Waals surface area contributed by atoms with Crippen molar-refractivity contribution in [3.8, 4) is 0 Å². The van der Waals surface area contributed by atoms with Crippen molar-refractivity contribution in [3.63, 3.8) is 0 Å². The summed E-state index contributed by atoms with van der Waals surface area (Å²) in [4.78, 5) is 4.39. The van der Waals surface area contributed by atoms with Crippen LogP contribution in [0.2, 0.25) is 0 Å². The van der Waals surface area contributed by atoms with Gasteiger partial charge in [-0.3, -0.25) is 0 Å². The molecule has 0 aliphatic heterocycles. The number of aromatic nitrogens is 2. The molecule has 1 aromatic rings. The number of hydrogen-bond donors (Lipinski definition) is 2. The molecule has 0 radical (unpaired) electrons. The van der Waals surface area contributed by atoms with E-state index in [1.165, 1.54) is 11.5 Å². The van der Waals surface area contributed by atoms with Crippen molar-refractivity contribution in [3.05, 3.63) is 5.82 Å². The van der Waals surface area contributed by atoms with Crippen LogP contribution in [0.4, 0.5) is 5.13 Å². The molecule has 0 aliphatic rings. The van der Waals surface area contributed by atoms with Gasteiger partial charge in [0.15, 0.2) is 0 Å². The van der Waals surface area contributed by atoms with Gasteiger partial charge in [-0.05, 0) is 18.8 Å². The molecule has 0 spiro atoms. The van der Waals surface area contributed by atoms with Crippen molar-refractivity contribution in [1.29, 1.82) is 0 Å². The van der Waals surface area contributed by atoms with Crippen molar-refractivity contribution in [2.24, 2.45) is 5.92 Å². The monoisotopic (exact) mass is 243 g/mol. The predicted octanol–water partition coefficient (Wildman–Crippen LogP) is 2.48. The maximum Gasteiger partial charge on any atom is 0.202 e. The summed E-state index contributed by atoms with van der Waals surface area (Å²) in [7, 11) is 0. The average molecular weight is 243 g/mol. The van der Waals surface area contributed by atoms with E-state index < -0.39 is 0 Å². The van der Waals surface area contributed by atoms with Gasteiger partial charge in [0.25, 0.3) is 0 Å². The van der Waals surface area contributed by atoms with Gasteiger partial charge in [0.1, 0.15) is 5.82 Å². The molecule has 1 rings (SSSR count). The first kappa shape index (κ1) is 13.4. The summed E-state index contributed by atoms with van der Waals surface area (Å²) in [5.74, 6) is 1.69. The van der Waals surface area contributed by atoms with Crippen molar-refractivity contribution >= 4 is 16.7 Å². The van der Waals surface area contributed by atoms with Crippen LogP contribution in [0.1, 0.15) is 45.4 Å². The van der Waals surface area contributed by atoms with Crippen LogP contribution < -0.4 is 5.32 Å². The normalized spacial score (nSPS) is 13.1. The van der Waals surface area contributed by atoms with E-state index in [0.717, 1.165) is 30.3 Å². The third kappa shape index (κ3) is 4.45. The zero-order valence-corrected chi connectivity index (χ0v) is 11.0. The standard InChI is InChI=1S/C11H21N3OS/c1-8(2)10-13-11(16-14-10)12-6-4-5-9(3)7-15/h8-9,15H,4-7H2,1-3H3,(H,12,13,14). The Morgan fingerprint density at radius 1 is 1.38 bits per heavy atom. The van der Waals surface area contributed by atoms with E-state index in [4.69, 9.17) is 5.11 Å². The zero-order chi connectivity index (χ0) is 12.0. The molecule has 16 heavy (non-hydrogen) atoms. The fourth-order valence-corrected chi connectivity index (χ4v) is 2.01. The summed E-state index contributed by atoms with van der Waals surface area (Å²) in [6.07, 6.45) is 2.09. The van der Waals surface area contributed by atoms with E-state index in [2.05, 4.69) is 35.4 Å². The van der Waals surface area contributed by atoms with Gasteiger partial charge in [-0.25, -0.2) is 4.98 Å². The first-order valence-electron chi connectivity index (χ1n) is 5.81. The van der Waals surface area contributed by atoms with Crippen LogP contribution in [0, 0.1) is 5.92 Å². The quantitative estimate of drug-likeness (QED) is 0.722. The van der Waals surface area contributed by atoms with Crippen molar-refractivity contribution in [1.82, 2.24) is 9.36 Å². The summed E-state index contributed by atoms with van der Waals surface area (Å²) in [6, 6.07) is 0. The van der Waals surface area contributed by atoms with Crippen molar-refractivity contribution in [2.75, 3.05) is 18.5 Å². The summed E-state index contributed by atoms with van der Waals surface area (Å²) < 4.78 is 4.27. The summed E-state index contributed by atoms with van der Waals surface area (Å²) in [5.41, 5.74) is 0. The van der Waals surface area contributed by atoms with Gasteiger partial charge in [-0.15, -0.1) is 0 Å². The van der Waals surface area contributed by atoms with E-state index in [0.29, 0.717) is 11.8 Å². The number of hydrogen-bond acceptors (Lipinski definition) is 5. The largest absolute Gasteiger partial charge is 0.396 e. The molecule has 1 aromatic heterocycles. The Balaban J connectivity index is 2.21. The molecule has 1 atom stereocenters. The van der Waals surface area contributed by atoms with E-state index >= 15 is 0 Å². The Morgan fingerprint density at radius 3 is 2.69 bits per heavy atom. The smallest absolute Gasteiger partial charge is 0.202 e.